The molecule has 6 nitrogen and oxygen atoms in total. The van der Waals surface area contributed by atoms with Gasteiger partial charge in [0.25, 0.3) is 11.8 Å². The number of hydrogen-bond donors (Lipinski definition) is 1. The van der Waals surface area contributed by atoms with Gasteiger partial charge >= 0.3 is 0 Å². The van der Waals surface area contributed by atoms with Crippen LogP contribution in [0.5, 0.6) is 5.75 Å². The molecule has 2 aromatic carbocycles. The second-order valence-corrected chi connectivity index (χ2v) is 7.58. The summed E-state index contributed by atoms with van der Waals surface area (Å²) in [4.78, 5) is 29.9. The largest absolute Gasteiger partial charge is 0.494 e. The van der Waals surface area contributed by atoms with Gasteiger partial charge in [0.2, 0.25) is 0 Å². The van der Waals surface area contributed by atoms with Crippen molar-refractivity contribution < 1.29 is 14.3 Å². The van der Waals surface area contributed by atoms with Crippen molar-refractivity contribution in [1.82, 2.24) is 4.90 Å². The van der Waals surface area contributed by atoms with E-state index in [2.05, 4.69) is 10.2 Å². The first kappa shape index (κ1) is 19.3. The fraction of sp³-hybridized carbons (Fsp3) is 0.391. The Balaban J connectivity index is 1.56. The summed E-state index contributed by atoms with van der Waals surface area (Å²) in [6.07, 6.45) is 4.35. The van der Waals surface area contributed by atoms with Gasteiger partial charge in [0.15, 0.2) is 0 Å². The Bertz CT molecular complexity index is 910. The van der Waals surface area contributed by atoms with Crippen LogP contribution in [0.3, 0.4) is 0 Å². The molecule has 0 aliphatic carbocycles. The van der Waals surface area contributed by atoms with Crippen molar-refractivity contribution in [1.29, 1.82) is 0 Å². The van der Waals surface area contributed by atoms with Gasteiger partial charge in [0.1, 0.15) is 11.9 Å². The van der Waals surface area contributed by atoms with Gasteiger partial charge in [-0.3, -0.25) is 9.59 Å². The van der Waals surface area contributed by atoms with Crippen LogP contribution in [0.4, 0.5) is 11.4 Å². The third-order valence-corrected chi connectivity index (χ3v) is 5.72. The van der Waals surface area contributed by atoms with Crippen molar-refractivity contribution in [2.75, 3.05) is 30.4 Å². The zero-order valence-electron chi connectivity index (χ0n) is 17.0. The maximum Gasteiger partial charge on any atom is 0.257 e. The van der Waals surface area contributed by atoms with Crippen molar-refractivity contribution in [2.24, 2.45) is 0 Å². The number of anilines is 2. The standard InChI is InChI=1S/C23H27N3O3/c1-3-29-18-11-9-17(10-12-18)24-22(27)16-8-13-19-20(15-16)25(2)21-7-5-4-6-14-26(21)23(19)28/h8-13,15,21H,3-7,14H2,1-2H3,(H,24,27)/t21-/m0/s1. The minimum Gasteiger partial charge on any atom is -0.494 e. The van der Waals surface area contributed by atoms with Crippen LogP contribution >= 0.6 is 0 Å². The zero-order valence-corrected chi connectivity index (χ0v) is 17.0. The number of amides is 2. The predicted molar refractivity (Wildman–Crippen MR) is 114 cm³/mol. The number of fused-ring (bicyclic) bond motifs is 2. The number of carbonyl (C=O) groups is 2. The van der Waals surface area contributed by atoms with Gasteiger partial charge in [0.05, 0.1) is 17.9 Å². The Hall–Kier alpha value is -3.02. The van der Waals surface area contributed by atoms with E-state index in [1.165, 1.54) is 0 Å². The molecule has 4 rings (SSSR count). The van der Waals surface area contributed by atoms with Crippen molar-refractivity contribution in [3.63, 3.8) is 0 Å². The molecule has 0 unspecified atom stereocenters. The van der Waals surface area contributed by atoms with E-state index < -0.39 is 0 Å². The highest BCUT2D eigenvalue weighted by Gasteiger charge is 2.36. The van der Waals surface area contributed by atoms with Gasteiger partial charge < -0.3 is 19.9 Å². The van der Waals surface area contributed by atoms with Crippen LogP contribution in [-0.4, -0.2) is 43.1 Å². The van der Waals surface area contributed by atoms with Gasteiger partial charge in [-0.25, -0.2) is 0 Å². The molecule has 2 amide bonds. The van der Waals surface area contributed by atoms with E-state index in [1.807, 2.05) is 49.2 Å². The second-order valence-electron chi connectivity index (χ2n) is 7.58. The molecule has 0 radical (unpaired) electrons. The van der Waals surface area contributed by atoms with E-state index in [-0.39, 0.29) is 18.0 Å². The van der Waals surface area contributed by atoms with E-state index in [1.54, 1.807) is 12.1 Å². The quantitative estimate of drug-likeness (QED) is 0.848. The lowest BCUT2D eigenvalue weighted by Gasteiger charge is -2.43. The summed E-state index contributed by atoms with van der Waals surface area (Å²) in [7, 11) is 2.02. The summed E-state index contributed by atoms with van der Waals surface area (Å²) in [6, 6.07) is 12.6. The van der Waals surface area contributed by atoms with Gasteiger partial charge in [0, 0.05) is 24.8 Å². The first-order valence-corrected chi connectivity index (χ1v) is 10.3. The Labute approximate surface area is 171 Å². The van der Waals surface area contributed by atoms with Crippen LogP contribution in [-0.2, 0) is 0 Å². The molecule has 2 aromatic rings. The average molecular weight is 393 g/mol. The van der Waals surface area contributed by atoms with Crippen LogP contribution in [0.1, 0.15) is 53.3 Å². The molecule has 1 N–H and O–H groups in total. The minimum atomic E-state index is -0.193. The van der Waals surface area contributed by atoms with Gasteiger partial charge in [-0.1, -0.05) is 6.42 Å². The summed E-state index contributed by atoms with van der Waals surface area (Å²) in [5, 5.41) is 2.92. The molecule has 6 heteroatoms. The molecule has 0 bridgehead atoms. The SMILES string of the molecule is CCOc1ccc(NC(=O)c2ccc3c(c2)N(C)[C@@H]2CCCCCN2C3=O)cc1. The second kappa shape index (κ2) is 8.15. The summed E-state index contributed by atoms with van der Waals surface area (Å²) >= 11 is 0. The highest BCUT2D eigenvalue weighted by molar-refractivity contribution is 6.08. The third-order valence-electron chi connectivity index (χ3n) is 5.72. The fourth-order valence-electron chi connectivity index (χ4n) is 4.20. The Kier molecular flexibility index (Phi) is 5.43. The fourth-order valence-corrected chi connectivity index (χ4v) is 4.20. The lowest BCUT2D eigenvalue weighted by molar-refractivity contribution is 0.0661. The molecule has 29 heavy (non-hydrogen) atoms. The molecule has 152 valence electrons. The molecule has 2 aliphatic rings. The van der Waals surface area contributed by atoms with Crippen LogP contribution < -0.4 is 15.0 Å². The van der Waals surface area contributed by atoms with Crippen molar-refractivity contribution in [3.8, 4) is 5.75 Å². The predicted octanol–water partition coefficient (Wildman–Crippen LogP) is 4.13. The molecule has 0 aromatic heterocycles. The third kappa shape index (κ3) is 3.79. The molecular weight excluding hydrogens is 366 g/mol. The van der Waals surface area contributed by atoms with Gasteiger partial charge in [-0.15, -0.1) is 0 Å². The van der Waals surface area contributed by atoms with E-state index in [4.69, 9.17) is 4.74 Å². The van der Waals surface area contributed by atoms with Crippen LogP contribution in [0.25, 0.3) is 0 Å². The normalized spacial score (nSPS) is 18.6. The molecule has 2 aliphatic heterocycles. The first-order chi connectivity index (χ1) is 14.1. The molecule has 0 spiro atoms. The van der Waals surface area contributed by atoms with E-state index in [9.17, 15) is 9.59 Å². The van der Waals surface area contributed by atoms with Crippen molar-refractivity contribution in [3.05, 3.63) is 53.6 Å². The van der Waals surface area contributed by atoms with Crippen LogP contribution in [0, 0.1) is 0 Å². The van der Waals surface area contributed by atoms with E-state index in [0.717, 1.165) is 43.7 Å². The number of benzene rings is 2. The Morgan fingerprint density at radius 1 is 1.14 bits per heavy atom. The molecule has 2 heterocycles. The minimum absolute atomic E-state index is 0.0712. The summed E-state index contributed by atoms with van der Waals surface area (Å²) in [6.45, 7) is 3.33. The van der Waals surface area contributed by atoms with Crippen LogP contribution in [0.2, 0.25) is 0 Å². The smallest absolute Gasteiger partial charge is 0.257 e. The molecule has 1 saturated heterocycles. The van der Waals surface area contributed by atoms with Gasteiger partial charge in [-0.05, 0) is 68.7 Å². The summed E-state index contributed by atoms with van der Waals surface area (Å²) in [5.74, 6) is 0.650. The molecule has 1 fully saturated rings. The highest BCUT2D eigenvalue weighted by atomic mass is 16.5. The Morgan fingerprint density at radius 2 is 1.93 bits per heavy atom. The van der Waals surface area contributed by atoms with Crippen molar-refractivity contribution in [2.45, 2.75) is 38.8 Å². The number of nitrogens with zero attached hydrogens (tertiary/aromatic N) is 2. The van der Waals surface area contributed by atoms with Crippen LogP contribution in [0.15, 0.2) is 42.5 Å². The first-order valence-electron chi connectivity index (χ1n) is 10.3. The highest BCUT2D eigenvalue weighted by Crippen LogP contribution is 2.34. The summed E-state index contributed by atoms with van der Waals surface area (Å²) < 4.78 is 5.43. The van der Waals surface area contributed by atoms with E-state index in [0.29, 0.717) is 23.4 Å². The lowest BCUT2D eigenvalue weighted by atomic mass is 10.0. The number of carbonyl (C=O) groups excluding carboxylic acids is 2. The number of nitrogens with one attached hydrogen (secondary N) is 1. The molecular formula is C23H27N3O3. The lowest BCUT2D eigenvalue weighted by Crippen LogP contribution is -2.53. The topological polar surface area (TPSA) is 61.9 Å². The maximum absolute atomic E-state index is 13.0. The van der Waals surface area contributed by atoms with Gasteiger partial charge in [-0.2, -0.15) is 0 Å². The van der Waals surface area contributed by atoms with Crippen molar-refractivity contribution >= 4 is 23.2 Å². The monoisotopic (exact) mass is 393 g/mol. The molecule has 0 saturated carbocycles. The number of rotatable bonds is 4. The molecule has 1 atom stereocenters. The number of ether oxygens (including phenoxy) is 1. The zero-order chi connectivity index (χ0) is 20.4. The number of hydrogen-bond acceptors (Lipinski definition) is 4. The van der Waals surface area contributed by atoms with E-state index >= 15 is 0 Å². The Morgan fingerprint density at radius 3 is 2.69 bits per heavy atom. The maximum atomic E-state index is 13.0. The average Bonchev–Trinajstić information content (AvgIpc) is 3.00. The summed E-state index contributed by atoms with van der Waals surface area (Å²) in [5.41, 5.74) is 2.75.